The van der Waals surface area contributed by atoms with Crippen LogP contribution in [0.3, 0.4) is 0 Å². The van der Waals surface area contributed by atoms with E-state index in [-0.39, 0.29) is 13.2 Å². The highest BCUT2D eigenvalue weighted by Gasteiger charge is 2.34. The molecule has 0 aliphatic carbocycles. The van der Waals surface area contributed by atoms with E-state index < -0.39 is 13.4 Å². The molecule has 2 aromatic rings. The molecule has 1 unspecified atom stereocenters. The van der Waals surface area contributed by atoms with Crippen LogP contribution in [0.25, 0.3) is 0 Å². The Morgan fingerprint density at radius 3 is 1.79 bits per heavy atom. The largest absolute Gasteiger partial charge is 0.380 e. The lowest BCUT2D eigenvalue weighted by Crippen LogP contribution is -2.13. The quantitative estimate of drug-likeness (QED) is 0.605. The van der Waals surface area contributed by atoms with Crippen LogP contribution in [0.4, 0.5) is 0 Å². The van der Waals surface area contributed by atoms with Crippen molar-refractivity contribution < 1.29 is 18.7 Å². The summed E-state index contributed by atoms with van der Waals surface area (Å²) in [6.07, 6.45) is 2.08. The van der Waals surface area contributed by atoms with Gasteiger partial charge in [-0.1, -0.05) is 80.4 Å². The van der Waals surface area contributed by atoms with Crippen LogP contribution in [0.1, 0.15) is 37.3 Å². The molecule has 0 aliphatic rings. The van der Waals surface area contributed by atoms with Crippen LogP contribution in [0.15, 0.2) is 60.7 Å². The normalized spacial score (nSPS) is 12.9. The summed E-state index contributed by atoms with van der Waals surface area (Å²) in [6.45, 7) is 2.32. The topological polar surface area (TPSA) is 55.8 Å². The molecular weight excluding hydrogens is 323 g/mol. The van der Waals surface area contributed by atoms with Gasteiger partial charge in [-0.2, -0.15) is 0 Å². The molecule has 0 fully saturated rings. The van der Waals surface area contributed by atoms with Crippen molar-refractivity contribution in [3.05, 3.63) is 71.8 Å². The number of hydrogen-bond donors (Lipinski definition) is 1. The third-order valence-corrected chi connectivity index (χ3v) is 5.66. The summed E-state index contributed by atoms with van der Waals surface area (Å²) < 4.78 is 24.2. The fourth-order valence-corrected chi connectivity index (χ4v) is 3.81. The van der Waals surface area contributed by atoms with E-state index in [1.165, 1.54) is 0 Å². The van der Waals surface area contributed by atoms with Crippen molar-refractivity contribution in [1.29, 1.82) is 0 Å². The minimum absolute atomic E-state index is 0.149. The molecule has 5 heteroatoms. The molecule has 1 atom stereocenters. The molecule has 24 heavy (non-hydrogen) atoms. The number of aliphatic hydroxyl groups is 1. The zero-order valence-electron chi connectivity index (χ0n) is 14.0. The van der Waals surface area contributed by atoms with E-state index in [1.54, 1.807) is 0 Å². The Bertz CT molecular complexity index is 583. The van der Waals surface area contributed by atoms with E-state index in [0.29, 0.717) is 6.42 Å². The minimum Gasteiger partial charge on any atom is -0.380 e. The highest BCUT2D eigenvalue weighted by Crippen LogP contribution is 2.54. The van der Waals surface area contributed by atoms with Crippen molar-refractivity contribution in [1.82, 2.24) is 0 Å². The molecule has 4 nitrogen and oxygen atoms in total. The van der Waals surface area contributed by atoms with E-state index in [9.17, 15) is 9.67 Å². The van der Waals surface area contributed by atoms with Gasteiger partial charge in [-0.3, -0.25) is 4.57 Å². The fraction of sp³-hybridized carbons (Fsp3) is 0.368. The monoisotopic (exact) mass is 348 g/mol. The van der Waals surface area contributed by atoms with Crippen LogP contribution in [0.2, 0.25) is 0 Å². The molecule has 1 N–H and O–H groups in total. The summed E-state index contributed by atoms with van der Waals surface area (Å²) in [5, 5.41) is 10.3. The Morgan fingerprint density at radius 2 is 1.38 bits per heavy atom. The predicted molar refractivity (Wildman–Crippen MR) is 95.6 cm³/mol. The Morgan fingerprint density at radius 1 is 0.917 bits per heavy atom. The van der Waals surface area contributed by atoms with Crippen LogP contribution in [0, 0.1) is 0 Å². The third kappa shape index (κ3) is 5.88. The Hall–Kier alpha value is -1.45. The van der Waals surface area contributed by atoms with Crippen molar-refractivity contribution >= 4 is 7.60 Å². The van der Waals surface area contributed by atoms with Gasteiger partial charge in [-0.15, -0.1) is 0 Å². The van der Waals surface area contributed by atoms with Gasteiger partial charge in [-0.05, 0) is 17.5 Å². The Labute approximate surface area is 144 Å². The first-order valence-corrected chi connectivity index (χ1v) is 9.90. The lowest BCUT2D eigenvalue weighted by molar-refractivity contribution is 0.127. The number of aliphatic hydroxyl groups excluding tert-OH is 1. The summed E-state index contributed by atoms with van der Waals surface area (Å²) in [5.74, 6) is -1.11. The van der Waals surface area contributed by atoms with Crippen LogP contribution < -0.4 is 0 Å². The molecule has 2 aromatic carbocycles. The van der Waals surface area contributed by atoms with E-state index in [0.717, 1.165) is 24.0 Å². The number of rotatable bonds is 10. The number of benzene rings is 2. The average Bonchev–Trinajstić information content (AvgIpc) is 2.64. The van der Waals surface area contributed by atoms with Gasteiger partial charge in [0.2, 0.25) is 0 Å². The summed E-state index contributed by atoms with van der Waals surface area (Å²) in [6, 6.07) is 18.9. The second-order valence-electron chi connectivity index (χ2n) is 5.68. The number of unbranched alkanes of at least 4 members (excludes halogenated alkanes) is 1. The smallest absolute Gasteiger partial charge is 0.359 e. The Balaban J connectivity index is 2.03. The summed E-state index contributed by atoms with van der Waals surface area (Å²) in [5.41, 5.74) is 1.78. The van der Waals surface area contributed by atoms with E-state index in [4.69, 9.17) is 9.05 Å². The lowest BCUT2D eigenvalue weighted by atomic mass is 10.2. The van der Waals surface area contributed by atoms with Gasteiger partial charge in [0, 0.05) is 0 Å². The fourth-order valence-electron chi connectivity index (χ4n) is 2.23. The standard InChI is InChI=1S/C19H25O4P/c1-2-3-14-19(20)24(21,22-15-17-10-6-4-7-11-17)23-16-18-12-8-5-9-13-18/h4-13,19-20H,2-3,14-16H2,1H3. The maximum Gasteiger partial charge on any atom is 0.359 e. The van der Waals surface area contributed by atoms with E-state index in [2.05, 4.69) is 0 Å². The van der Waals surface area contributed by atoms with Gasteiger partial charge in [0.05, 0.1) is 13.2 Å². The van der Waals surface area contributed by atoms with Gasteiger partial charge < -0.3 is 14.2 Å². The van der Waals surface area contributed by atoms with Crippen molar-refractivity contribution in [3.63, 3.8) is 0 Å². The summed E-state index contributed by atoms with van der Waals surface area (Å²) in [4.78, 5) is 0. The second-order valence-corrected chi connectivity index (χ2v) is 7.87. The zero-order chi connectivity index (χ0) is 17.3. The van der Waals surface area contributed by atoms with E-state index >= 15 is 0 Å². The maximum absolute atomic E-state index is 13.1. The van der Waals surface area contributed by atoms with Crippen molar-refractivity contribution in [3.8, 4) is 0 Å². The summed E-state index contributed by atoms with van der Waals surface area (Å²) in [7, 11) is -3.62. The minimum atomic E-state index is -3.62. The molecular formula is C19H25O4P. The Kier molecular flexibility index (Phi) is 7.67. The molecule has 130 valence electrons. The molecule has 0 heterocycles. The van der Waals surface area contributed by atoms with Crippen LogP contribution in [-0.2, 0) is 26.8 Å². The molecule has 0 saturated carbocycles. The second kappa shape index (κ2) is 9.75. The van der Waals surface area contributed by atoms with Gasteiger partial charge in [0.15, 0.2) is 5.85 Å². The van der Waals surface area contributed by atoms with Crippen molar-refractivity contribution in [2.45, 2.75) is 45.2 Å². The molecule has 2 rings (SSSR count). The van der Waals surface area contributed by atoms with Gasteiger partial charge in [-0.25, -0.2) is 0 Å². The third-order valence-electron chi connectivity index (χ3n) is 3.69. The molecule has 0 spiro atoms. The molecule has 0 bridgehead atoms. The first kappa shape index (κ1) is 18.9. The summed E-state index contributed by atoms with van der Waals surface area (Å²) >= 11 is 0. The highest BCUT2D eigenvalue weighted by molar-refractivity contribution is 7.54. The van der Waals surface area contributed by atoms with Gasteiger partial charge in [0.1, 0.15) is 0 Å². The van der Waals surface area contributed by atoms with Crippen LogP contribution in [-0.4, -0.2) is 11.0 Å². The molecule has 0 aromatic heterocycles. The highest BCUT2D eigenvalue weighted by atomic mass is 31.2. The zero-order valence-corrected chi connectivity index (χ0v) is 14.9. The molecule has 0 aliphatic heterocycles. The first-order valence-electron chi connectivity index (χ1n) is 8.29. The molecule has 0 radical (unpaired) electrons. The average molecular weight is 348 g/mol. The van der Waals surface area contributed by atoms with Gasteiger partial charge in [0.25, 0.3) is 0 Å². The number of hydrogen-bond acceptors (Lipinski definition) is 4. The van der Waals surface area contributed by atoms with Crippen LogP contribution in [0.5, 0.6) is 0 Å². The predicted octanol–water partition coefficient (Wildman–Crippen LogP) is 5.12. The molecule has 0 saturated heterocycles. The van der Waals surface area contributed by atoms with E-state index in [1.807, 2.05) is 67.6 Å². The molecule has 0 amide bonds. The van der Waals surface area contributed by atoms with Crippen molar-refractivity contribution in [2.24, 2.45) is 0 Å². The first-order chi connectivity index (χ1) is 11.6. The van der Waals surface area contributed by atoms with Gasteiger partial charge >= 0.3 is 7.60 Å². The SMILES string of the molecule is CCCCC(O)P(=O)(OCc1ccccc1)OCc1ccccc1. The van der Waals surface area contributed by atoms with Crippen molar-refractivity contribution in [2.75, 3.05) is 0 Å². The lowest BCUT2D eigenvalue weighted by Gasteiger charge is -2.23. The maximum atomic E-state index is 13.1. The van der Waals surface area contributed by atoms with Crippen LogP contribution >= 0.6 is 7.60 Å².